The molecule has 0 spiro atoms. The Kier molecular flexibility index (Phi) is 2.81. The van der Waals surface area contributed by atoms with Gasteiger partial charge in [-0.25, -0.2) is 9.37 Å². The van der Waals surface area contributed by atoms with E-state index in [1.54, 1.807) is 6.07 Å². The van der Waals surface area contributed by atoms with Gasteiger partial charge in [-0.3, -0.25) is 0 Å². The molecule has 0 saturated heterocycles. The number of anilines is 1. The lowest BCUT2D eigenvalue weighted by Crippen LogP contribution is -2.10. The van der Waals surface area contributed by atoms with Gasteiger partial charge in [-0.05, 0) is 25.0 Å². The Morgan fingerprint density at radius 2 is 2.06 bits per heavy atom. The number of fused-ring (bicyclic) bond motifs is 1. The predicted octanol–water partition coefficient (Wildman–Crippen LogP) is 3.12. The Morgan fingerprint density at radius 3 is 2.69 bits per heavy atom. The van der Waals surface area contributed by atoms with E-state index in [-0.39, 0.29) is 11.9 Å². The first-order valence-corrected chi connectivity index (χ1v) is 5.61. The van der Waals surface area contributed by atoms with Gasteiger partial charge >= 0.3 is 0 Å². The van der Waals surface area contributed by atoms with Gasteiger partial charge in [-0.2, -0.15) is 0 Å². The van der Waals surface area contributed by atoms with E-state index >= 15 is 0 Å². The molecule has 2 aromatic rings. The van der Waals surface area contributed by atoms with Gasteiger partial charge in [0.15, 0.2) is 5.82 Å². The number of benzene rings is 1. The fraction of sp³-hybridized carbons (Fsp3) is 0.417. The molecule has 0 aliphatic carbocycles. The molecular formula is C12H16FN3. The minimum atomic E-state index is -0.311. The van der Waals surface area contributed by atoms with Crippen molar-refractivity contribution in [3.05, 3.63) is 24.0 Å². The summed E-state index contributed by atoms with van der Waals surface area (Å²) in [4.78, 5) is 4.10. The number of nitrogen functional groups attached to an aromatic ring is 1. The number of para-hydroxylation sites is 1. The van der Waals surface area contributed by atoms with Crippen molar-refractivity contribution in [1.82, 2.24) is 9.55 Å². The Balaban J connectivity index is 2.69. The molecule has 0 amide bonds. The van der Waals surface area contributed by atoms with Gasteiger partial charge in [0.05, 0.1) is 5.52 Å². The summed E-state index contributed by atoms with van der Waals surface area (Å²) in [5.41, 5.74) is 7.01. The second kappa shape index (κ2) is 4.12. The SMILES string of the molecule is CCC(CC)n1c(N)nc2c(F)cccc21. The van der Waals surface area contributed by atoms with Crippen LogP contribution in [0.5, 0.6) is 0 Å². The molecule has 16 heavy (non-hydrogen) atoms. The minimum Gasteiger partial charge on any atom is -0.369 e. The molecule has 0 atom stereocenters. The highest BCUT2D eigenvalue weighted by atomic mass is 19.1. The number of nitrogens with zero attached hydrogens (tertiary/aromatic N) is 2. The molecule has 0 aliphatic rings. The van der Waals surface area contributed by atoms with E-state index < -0.39 is 0 Å². The van der Waals surface area contributed by atoms with Gasteiger partial charge < -0.3 is 10.3 Å². The second-order valence-electron chi connectivity index (χ2n) is 3.92. The number of aromatic nitrogens is 2. The Hall–Kier alpha value is -1.58. The first-order chi connectivity index (χ1) is 7.69. The number of imidazole rings is 1. The fourth-order valence-corrected chi connectivity index (χ4v) is 2.14. The predicted molar refractivity (Wildman–Crippen MR) is 63.7 cm³/mol. The molecule has 0 radical (unpaired) electrons. The fourth-order valence-electron chi connectivity index (χ4n) is 2.14. The average molecular weight is 221 g/mol. The lowest BCUT2D eigenvalue weighted by atomic mass is 10.1. The Bertz CT molecular complexity index is 500. The molecule has 1 aromatic carbocycles. The van der Waals surface area contributed by atoms with Gasteiger partial charge in [0.1, 0.15) is 5.52 Å². The van der Waals surface area contributed by atoms with Gasteiger partial charge in [0.25, 0.3) is 0 Å². The van der Waals surface area contributed by atoms with E-state index in [1.165, 1.54) is 6.07 Å². The number of halogens is 1. The molecule has 0 fully saturated rings. The third-order valence-electron chi connectivity index (χ3n) is 3.01. The topological polar surface area (TPSA) is 43.8 Å². The molecule has 3 nitrogen and oxygen atoms in total. The van der Waals surface area contributed by atoms with Crippen LogP contribution in [0.2, 0.25) is 0 Å². The summed E-state index contributed by atoms with van der Waals surface area (Å²) in [6, 6.07) is 5.25. The van der Waals surface area contributed by atoms with Crippen LogP contribution in [0.4, 0.5) is 10.3 Å². The third kappa shape index (κ3) is 1.54. The monoisotopic (exact) mass is 221 g/mol. The summed E-state index contributed by atoms with van der Waals surface area (Å²) in [6.07, 6.45) is 1.92. The van der Waals surface area contributed by atoms with E-state index in [0.717, 1.165) is 18.4 Å². The van der Waals surface area contributed by atoms with Crippen molar-refractivity contribution in [3.63, 3.8) is 0 Å². The molecule has 86 valence electrons. The van der Waals surface area contributed by atoms with Crippen molar-refractivity contribution < 1.29 is 4.39 Å². The van der Waals surface area contributed by atoms with Crippen molar-refractivity contribution in [2.75, 3.05) is 5.73 Å². The lowest BCUT2D eigenvalue weighted by molar-refractivity contribution is 0.489. The number of rotatable bonds is 3. The standard InChI is InChI=1S/C12H16FN3/c1-3-8(4-2)16-10-7-5-6-9(13)11(10)15-12(16)14/h5-8H,3-4H2,1-2H3,(H2,14,15). The molecule has 1 heterocycles. The molecule has 0 bridgehead atoms. The summed E-state index contributed by atoms with van der Waals surface area (Å²) >= 11 is 0. The van der Waals surface area contributed by atoms with Crippen molar-refractivity contribution in [2.24, 2.45) is 0 Å². The minimum absolute atomic E-state index is 0.284. The smallest absolute Gasteiger partial charge is 0.201 e. The van der Waals surface area contributed by atoms with Crippen molar-refractivity contribution in [1.29, 1.82) is 0 Å². The van der Waals surface area contributed by atoms with Gasteiger partial charge in [0, 0.05) is 6.04 Å². The molecule has 0 aliphatic heterocycles. The van der Waals surface area contributed by atoms with Crippen molar-refractivity contribution in [3.8, 4) is 0 Å². The summed E-state index contributed by atoms with van der Waals surface area (Å²) in [5, 5.41) is 0. The van der Waals surface area contributed by atoms with Gasteiger partial charge in [-0.1, -0.05) is 19.9 Å². The lowest BCUT2D eigenvalue weighted by Gasteiger charge is -2.16. The van der Waals surface area contributed by atoms with Gasteiger partial charge in [0.2, 0.25) is 5.95 Å². The summed E-state index contributed by atoms with van der Waals surface area (Å²) < 4.78 is 15.4. The quantitative estimate of drug-likeness (QED) is 0.865. The highest BCUT2D eigenvalue weighted by Crippen LogP contribution is 2.27. The van der Waals surface area contributed by atoms with Crippen LogP contribution in [0.1, 0.15) is 32.7 Å². The van der Waals surface area contributed by atoms with Crippen LogP contribution in [0.25, 0.3) is 11.0 Å². The van der Waals surface area contributed by atoms with Crippen molar-refractivity contribution in [2.45, 2.75) is 32.7 Å². The van der Waals surface area contributed by atoms with E-state index in [1.807, 2.05) is 10.6 Å². The zero-order valence-corrected chi connectivity index (χ0v) is 9.57. The van der Waals surface area contributed by atoms with Crippen LogP contribution < -0.4 is 5.73 Å². The highest BCUT2D eigenvalue weighted by molar-refractivity contribution is 5.79. The van der Waals surface area contributed by atoms with Crippen LogP contribution in [-0.2, 0) is 0 Å². The normalized spacial score (nSPS) is 11.5. The molecule has 0 unspecified atom stereocenters. The largest absolute Gasteiger partial charge is 0.369 e. The van der Waals surface area contributed by atoms with Crippen LogP contribution >= 0.6 is 0 Å². The van der Waals surface area contributed by atoms with Crippen molar-refractivity contribution >= 4 is 17.0 Å². The third-order valence-corrected chi connectivity index (χ3v) is 3.01. The van der Waals surface area contributed by atoms with Crippen LogP contribution in [0.15, 0.2) is 18.2 Å². The Morgan fingerprint density at radius 1 is 1.38 bits per heavy atom. The number of hydrogen-bond acceptors (Lipinski definition) is 2. The number of nitrogens with two attached hydrogens (primary N) is 1. The molecular weight excluding hydrogens is 205 g/mol. The first-order valence-electron chi connectivity index (χ1n) is 5.61. The van der Waals surface area contributed by atoms with E-state index in [2.05, 4.69) is 18.8 Å². The molecule has 0 saturated carbocycles. The molecule has 4 heteroatoms. The summed E-state index contributed by atoms with van der Waals surface area (Å²) in [5.74, 6) is 0.0858. The maximum absolute atomic E-state index is 13.5. The summed E-state index contributed by atoms with van der Waals surface area (Å²) in [6.45, 7) is 4.19. The summed E-state index contributed by atoms with van der Waals surface area (Å²) in [7, 11) is 0. The van der Waals surface area contributed by atoms with E-state index in [4.69, 9.17) is 5.73 Å². The second-order valence-corrected chi connectivity index (χ2v) is 3.92. The zero-order chi connectivity index (χ0) is 11.7. The van der Waals surface area contributed by atoms with Crippen LogP contribution in [0, 0.1) is 5.82 Å². The highest BCUT2D eigenvalue weighted by Gasteiger charge is 2.16. The molecule has 2 N–H and O–H groups in total. The molecule has 1 aromatic heterocycles. The van der Waals surface area contributed by atoms with E-state index in [0.29, 0.717) is 11.5 Å². The molecule has 2 rings (SSSR count). The zero-order valence-electron chi connectivity index (χ0n) is 9.57. The maximum atomic E-state index is 13.5. The number of hydrogen-bond donors (Lipinski definition) is 1. The Labute approximate surface area is 94.1 Å². The van der Waals surface area contributed by atoms with Crippen LogP contribution in [0.3, 0.4) is 0 Å². The van der Waals surface area contributed by atoms with Gasteiger partial charge in [-0.15, -0.1) is 0 Å². The average Bonchev–Trinajstić information content (AvgIpc) is 2.60. The van der Waals surface area contributed by atoms with Crippen LogP contribution in [-0.4, -0.2) is 9.55 Å². The first kappa shape index (κ1) is 10.9. The van der Waals surface area contributed by atoms with E-state index in [9.17, 15) is 4.39 Å². The maximum Gasteiger partial charge on any atom is 0.201 e.